The summed E-state index contributed by atoms with van der Waals surface area (Å²) in [4.78, 5) is 21.5. The lowest BCUT2D eigenvalue weighted by Crippen LogP contribution is -2.52. The fourth-order valence-electron chi connectivity index (χ4n) is 1.35. The predicted molar refractivity (Wildman–Crippen MR) is 79.1 cm³/mol. The third kappa shape index (κ3) is 5.30. The van der Waals surface area contributed by atoms with Gasteiger partial charge in [0.2, 0.25) is 5.82 Å². The molecule has 0 heterocycles. The van der Waals surface area contributed by atoms with Crippen LogP contribution in [0.2, 0.25) is 0 Å². The number of rotatable bonds is 2. The zero-order chi connectivity index (χ0) is 16.2. The molecular weight excluding hydrogens is 299 g/mol. The molecule has 0 aromatic heterocycles. The van der Waals surface area contributed by atoms with Crippen LogP contribution in [0.4, 0.5) is 10.1 Å². The standard InChI is InChI=1S/C12H15FN4O3S/c1-12(2,3)14-11(21)16-15-10(18)7-4-5-8(13)9(6-7)17(19)20/h4-6H,1-3H3,(H,15,18)(H2,14,16,21). The molecule has 9 heteroatoms. The van der Waals surface area contributed by atoms with Crippen molar-refractivity contribution < 1.29 is 14.1 Å². The highest BCUT2D eigenvalue weighted by molar-refractivity contribution is 7.80. The molecule has 0 radical (unpaired) electrons. The normalized spacial score (nSPS) is 10.7. The molecule has 3 N–H and O–H groups in total. The maximum absolute atomic E-state index is 13.2. The molecule has 114 valence electrons. The molecule has 21 heavy (non-hydrogen) atoms. The Balaban J connectivity index is 2.71. The number of hydrazine groups is 1. The van der Waals surface area contributed by atoms with Gasteiger partial charge in [-0.05, 0) is 45.1 Å². The molecule has 0 aliphatic carbocycles. The van der Waals surface area contributed by atoms with E-state index < -0.39 is 22.3 Å². The average Bonchev–Trinajstić information content (AvgIpc) is 2.34. The highest BCUT2D eigenvalue weighted by Crippen LogP contribution is 2.18. The topological polar surface area (TPSA) is 96.3 Å². The number of thiocarbonyl (C=S) groups is 1. The Morgan fingerprint density at radius 1 is 1.33 bits per heavy atom. The van der Waals surface area contributed by atoms with Crippen LogP contribution in [0, 0.1) is 15.9 Å². The lowest BCUT2D eigenvalue weighted by molar-refractivity contribution is -0.387. The number of nitro benzene ring substituents is 1. The van der Waals surface area contributed by atoms with Crippen LogP contribution >= 0.6 is 12.2 Å². The van der Waals surface area contributed by atoms with Crippen molar-refractivity contribution in [2.75, 3.05) is 0 Å². The second kappa shape index (κ2) is 6.44. The predicted octanol–water partition coefficient (Wildman–Crippen LogP) is 1.64. The van der Waals surface area contributed by atoms with Crippen molar-refractivity contribution in [3.05, 3.63) is 39.7 Å². The van der Waals surface area contributed by atoms with Gasteiger partial charge in [-0.15, -0.1) is 0 Å². The van der Waals surface area contributed by atoms with Crippen molar-refractivity contribution in [2.24, 2.45) is 0 Å². The number of hydrogen-bond donors (Lipinski definition) is 3. The van der Waals surface area contributed by atoms with Crippen LogP contribution in [0.5, 0.6) is 0 Å². The van der Waals surface area contributed by atoms with Crippen LogP contribution in [0.1, 0.15) is 31.1 Å². The van der Waals surface area contributed by atoms with Gasteiger partial charge in [-0.3, -0.25) is 25.8 Å². The summed E-state index contributed by atoms with van der Waals surface area (Å²) in [7, 11) is 0. The van der Waals surface area contributed by atoms with Crippen LogP contribution in [0.15, 0.2) is 18.2 Å². The van der Waals surface area contributed by atoms with Crippen molar-refractivity contribution >= 4 is 28.9 Å². The van der Waals surface area contributed by atoms with E-state index >= 15 is 0 Å². The van der Waals surface area contributed by atoms with Crippen LogP contribution in [0.25, 0.3) is 0 Å². The number of carbonyl (C=O) groups excluding carboxylic acids is 1. The number of amides is 1. The Kier molecular flexibility index (Phi) is 5.14. The first-order valence-electron chi connectivity index (χ1n) is 5.92. The fourth-order valence-corrected chi connectivity index (χ4v) is 1.71. The monoisotopic (exact) mass is 314 g/mol. The third-order valence-corrected chi connectivity index (χ3v) is 2.39. The van der Waals surface area contributed by atoms with Crippen molar-refractivity contribution in [1.82, 2.24) is 16.2 Å². The second-order valence-electron chi connectivity index (χ2n) is 5.21. The van der Waals surface area contributed by atoms with Gasteiger partial charge in [0.05, 0.1) is 4.92 Å². The number of nitrogens with one attached hydrogen (secondary N) is 3. The zero-order valence-corrected chi connectivity index (χ0v) is 12.5. The lowest BCUT2D eigenvalue weighted by atomic mass is 10.1. The van der Waals surface area contributed by atoms with Crippen molar-refractivity contribution in [2.45, 2.75) is 26.3 Å². The molecule has 1 aromatic carbocycles. The van der Waals surface area contributed by atoms with Gasteiger partial charge in [0.1, 0.15) is 0 Å². The number of nitro groups is 1. The van der Waals surface area contributed by atoms with Crippen molar-refractivity contribution in [3.8, 4) is 0 Å². The Morgan fingerprint density at radius 3 is 2.48 bits per heavy atom. The van der Waals surface area contributed by atoms with E-state index in [2.05, 4.69) is 16.2 Å². The fraction of sp³-hybridized carbons (Fsp3) is 0.333. The Labute approximate surface area is 126 Å². The molecule has 0 saturated carbocycles. The first kappa shape index (κ1) is 16.8. The van der Waals surface area contributed by atoms with E-state index in [-0.39, 0.29) is 16.2 Å². The van der Waals surface area contributed by atoms with E-state index in [1.54, 1.807) is 0 Å². The zero-order valence-electron chi connectivity index (χ0n) is 11.7. The molecule has 7 nitrogen and oxygen atoms in total. The summed E-state index contributed by atoms with van der Waals surface area (Å²) in [5.74, 6) is -1.68. The molecular formula is C12H15FN4O3S. The molecule has 1 rings (SSSR count). The average molecular weight is 314 g/mol. The Bertz CT molecular complexity index is 586. The summed E-state index contributed by atoms with van der Waals surface area (Å²) in [6.07, 6.45) is 0. The summed E-state index contributed by atoms with van der Waals surface area (Å²) in [6, 6.07) is 2.85. The highest BCUT2D eigenvalue weighted by Gasteiger charge is 2.18. The summed E-state index contributed by atoms with van der Waals surface area (Å²) in [5, 5.41) is 13.7. The minimum Gasteiger partial charge on any atom is -0.357 e. The van der Waals surface area contributed by atoms with Crippen molar-refractivity contribution in [3.63, 3.8) is 0 Å². The van der Waals surface area contributed by atoms with Gasteiger partial charge in [0.15, 0.2) is 5.11 Å². The molecule has 0 unspecified atom stereocenters. The van der Waals surface area contributed by atoms with E-state index in [4.69, 9.17) is 12.2 Å². The quantitative estimate of drug-likeness (QED) is 0.436. The smallest absolute Gasteiger partial charge is 0.305 e. The van der Waals surface area contributed by atoms with E-state index in [0.717, 1.165) is 18.2 Å². The summed E-state index contributed by atoms with van der Waals surface area (Å²) < 4.78 is 13.2. The molecule has 0 spiro atoms. The Morgan fingerprint density at radius 2 is 1.95 bits per heavy atom. The van der Waals surface area contributed by atoms with Crippen LogP contribution < -0.4 is 16.2 Å². The van der Waals surface area contributed by atoms with E-state index in [0.29, 0.717) is 0 Å². The van der Waals surface area contributed by atoms with E-state index in [1.807, 2.05) is 20.8 Å². The van der Waals surface area contributed by atoms with Crippen LogP contribution in [-0.4, -0.2) is 21.5 Å². The lowest BCUT2D eigenvalue weighted by Gasteiger charge is -2.23. The van der Waals surface area contributed by atoms with Crippen molar-refractivity contribution in [1.29, 1.82) is 0 Å². The van der Waals surface area contributed by atoms with Crippen LogP contribution in [-0.2, 0) is 0 Å². The summed E-state index contributed by atoms with van der Waals surface area (Å²) in [6.45, 7) is 5.64. The van der Waals surface area contributed by atoms with E-state index in [1.165, 1.54) is 0 Å². The van der Waals surface area contributed by atoms with Gasteiger partial charge in [-0.2, -0.15) is 4.39 Å². The molecule has 1 aromatic rings. The number of carbonyl (C=O) groups is 1. The van der Waals surface area contributed by atoms with E-state index in [9.17, 15) is 19.3 Å². The molecule has 0 aliphatic heterocycles. The molecule has 1 amide bonds. The number of halogens is 1. The number of benzene rings is 1. The van der Waals surface area contributed by atoms with Gasteiger partial charge in [0.25, 0.3) is 5.91 Å². The number of hydrogen-bond acceptors (Lipinski definition) is 4. The summed E-state index contributed by atoms with van der Waals surface area (Å²) >= 11 is 4.95. The first-order chi connectivity index (χ1) is 9.60. The molecule has 0 fully saturated rings. The molecule has 0 saturated heterocycles. The maximum Gasteiger partial charge on any atom is 0.305 e. The minimum absolute atomic E-state index is 0.0610. The third-order valence-electron chi connectivity index (χ3n) is 2.18. The SMILES string of the molecule is CC(C)(C)NC(=S)NNC(=O)c1ccc(F)c([N+](=O)[O-])c1. The minimum atomic E-state index is -1.01. The van der Waals surface area contributed by atoms with Gasteiger partial charge in [-0.1, -0.05) is 0 Å². The Hall–Kier alpha value is -2.29. The molecule has 0 bridgehead atoms. The van der Waals surface area contributed by atoms with Gasteiger partial charge in [0, 0.05) is 17.2 Å². The highest BCUT2D eigenvalue weighted by atomic mass is 32.1. The van der Waals surface area contributed by atoms with Gasteiger partial charge >= 0.3 is 5.69 Å². The number of nitrogens with zero attached hydrogens (tertiary/aromatic N) is 1. The van der Waals surface area contributed by atoms with Crippen LogP contribution in [0.3, 0.4) is 0 Å². The maximum atomic E-state index is 13.2. The van der Waals surface area contributed by atoms with Gasteiger partial charge < -0.3 is 5.32 Å². The van der Waals surface area contributed by atoms with Gasteiger partial charge in [-0.25, -0.2) is 0 Å². The first-order valence-corrected chi connectivity index (χ1v) is 6.33. The largest absolute Gasteiger partial charge is 0.357 e. The summed E-state index contributed by atoms with van der Waals surface area (Å²) in [5.41, 5.74) is 3.61. The second-order valence-corrected chi connectivity index (χ2v) is 5.61. The molecule has 0 atom stereocenters. The molecule has 0 aliphatic rings.